The second-order valence-corrected chi connectivity index (χ2v) is 10.1. The number of furan rings is 1. The summed E-state index contributed by atoms with van der Waals surface area (Å²) in [6.45, 7) is 3.80. The summed E-state index contributed by atoms with van der Waals surface area (Å²) in [5.74, 6) is 1.36. The smallest absolute Gasteiger partial charge is 0.250 e. The van der Waals surface area contributed by atoms with Crippen LogP contribution in [0.1, 0.15) is 17.1 Å². The molecule has 3 aromatic heterocycles. The van der Waals surface area contributed by atoms with Crippen molar-refractivity contribution in [3.8, 4) is 21.9 Å². The Morgan fingerprint density at radius 3 is 2.76 bits per heavy atom. The number of aromatic nitrogens is 4. The minimum absolute atomic E-state index is 0.172. The fourth-order valence-electron chi connectivity index (χ4n) is 3.51. The van der Waals surface area contributed by atoms with Crippen LogP contribution < -0.4 is 10.6 Å². The number of anilines is 1. The topological polar surface area (TPSA) is 97.4 Å². The van der Waals surface area contributed by atoms with Crippen molar-refractivity contribution in [2.24, 2.45) is 0 Å². The van der Waals surface area contributed by atoms with E-state index in [-0.39, 0.29) is 5.11 Å². The minimum atomic E-state index is -0.402. The third-order valence-corrected chi connectivity index (χ3v) is 7.32. The maximum atomic E-state index is 12.4. The molecule has 5 aromatic rings. The number of halogens is 2. The van der Waals surface area contributed by atoms with Crippen molar-refractivity contribution in [2.45, 2.75) is 13.8 Å². The van der Waals surface area contributed by atoms with E-state index >= 15 is 0 Å². The highest BCUT2D eigenvalue weighted by Gasteiger charge is 2.13. The summed E-state index contributed by atoms with van der Waals surface area (Å²) >= 11 is 19.1. The predicted molar refractivity (Wildman–Crippen MR) is 151 cm³/mol. The van der Waals surface area contributed by atoms with E-state index < -0.39 is 5.91 Å². The summed E-state index contributed by atoms with van der Waals surface area (Å²) in [6, 6.07) is 14.6. The molecule has 8 nitrogen and oxygen atoms in total. The second kappa shape index (κ2) is 10.4. The lowest BCUT2D eigenvalue weighted by Crippen LogP contribution is -2.33. The molecule has 0 spiro atoms. The molecule has 0 fully saturated rings. The quantitative estimate of drug-likeness (QED) is 0.183. The molecule has 0 aliphatic carbocycles. The van der Waals surface area contributed by atoms with Crippen molar-refractivity contribution in [1.82, 2.24) is 25.1 Å². The molecular formula is C25H18Cl2N6O2S2. The summed E-state index contributed by atoms with van der Waals surface area (Å²) in [7, 11) is 0. The average Bonchev–Trinajstić information content (AvgIpc) is 3.59. The maximum Gasteiger partial charge on any atom is 0.250 e. The van der Waals surface area contributed by atoms with Crippen LogP contribution in [-0.2, 0) is 4.79 Å². The first-order valence-corrected chi connectivity index (χ1v) is 12.9. The Balaban J connectivity index is 1.20. The number of hydrogen-bond acceptors (Lipinski definition) is 7. The SMILES string of the molecule is Cc1cc(-c2nn3c(C)nnc3s2)ccc1NC(=S)NC(=O)C=Cc1ccc(-c2cccc(Cl)c2Cl)o1. The molecule has 0 aliphatic rings. The Morgan fingerprint density at radius 1 is 1.14 bits per heavy atom. The highest BCUT2D eigenvalue weighted by Crippen LogP contribution is 2.34. The van der Waals surface area contributed by atoms with Crippen LogP contribution >= 0.6 is 46.8 Å². The van der Waals surface area contributed by atoms with E-state index in [9.17, 15) is 4.79 Å². The van der Waals surface area contributed by atoms with Crippen LogP contribution in [0, 0.1) is 13.8 Å². The Kier molecular flexibility index (Phi) is 7.07. The number of carbonyl (C=O) groups excluding carboxylic acids is 1. The van der Waals surface area contributed by atoms with Gasteiger partial charge in [-0.25, -0.2) is 0 Å². The predicted octanol–water partition coefficient (Wildman–Crippen LogP) is 6.56. The van der Waals surface area contributed by atoms with E-state index in [1.165, 1.54) is 17.4 Å². The standard InChI is InChI=1S/C25H18Cl2N6O2S2/c1-13-12-15(23-32-33-14(2)30-31-25(33)37-23)6-9-19(13)28-24(36)29-21(34)11-8-16-7-10-20(35-16)17-4-3-5-18(26)22(17)27/h3-12H,1-2H3,(H2,28,29,34,36). The van der Waals surface area contributed by atoms with Crippen LogP contribution in [0.3, 0.4) is 0 Å². The van der Waals surface area contributed by atoms with Gasteiger partial charge in [-0.2, -0.15) is 9.61 Å². The lowest BCUT2D eigenvalue weighted by Gasteiger charge is -2.11. The van der Waals surface area contributed by atoms with Crippen molar-refractivity contribution >= 4 is 74.5 Å². The number of nitrogens with zero attached hydrogens (tertiary/aromatic N) is 4. The van der Waals surface area contributed by atoms with Crippen molar-refractivity contribution in [3.05, 3.63) is 81.8 Å². The van der Waals surface area contributed by atoms with Gasteiger partial charge in [0.15, 0.2) is 10.9 Å². The number of nitrogens with one attached hydrogen (secondary N) is 2. The lowest BCUT2D eigenvalue weighted by atomic mass is 10.1. The van der Waals surface area contributed by atoms with Gasteiger partial charge in [-0.1, -0.05) is 40.6 Å². The number of thiocarbonyl (C=S) groups is 1. The summed E-state index contributed by atoms with van der Waals surface area (Å²) in [6.07, 6.45) is 2.88. The molecule has 2 N–H and O–H groups in total. The number of amides is 1. The molecular weight excluding hydrogens is 551 g/mol. The number of benzene rings is 2. The molecule has 0 aliphatic heterocycles. The van der Waals surface area contributed by atoms with Gasteiger partial charge in [-0.15, -0.1) is 10.2 Å². The van der Waals surface area contributed by atoms with E-state index in [1.54, 1.807) is 40.9 Å². The molecule has 5 rings (SSSR count). The number of hydrogen-bond donors (Lipinski definition) is 2. The van der Waals surface area contributed by atoms with Gasteiger partial charge >= 0.3 is 0 Å². The summed E-state index contributed by atoms with van der Waals surface area (Å²) in [5.41, 5.74) is 3.33. The Morgan fingerprint density at radius 2 is 1.97 bits per heavy atom. The first kappa shape index (κ1) is 25.1. The third kappa shape index (κ3) is 5.42. The maximum absolute atomic E-state index is 12.4. The number of carbonyl (C=O) groups is 1. The first-order chi connectivity index (χ1) is 17.8. The summed E-state index contributed by atoms with van der Waals surface area (Å²) in [4.78, 5) is 13.1. The van der Waals surface area contributed by atoms with Gasteiger partial charge in [0.1, 0.15) is 16.5 Å². The zero-order valence-corrected chi connectivity index (χ0v) is 22.6. The van der Waals surface area contributed by atoms with Crippen LogP contribution in [0.25, 0.3) is 32.9 Å². The fourth-order valence-corrected chi connectivity index (χ4v) is 5.00. The molecule has 0 saturated carbocycles. The molecule has 1 amide bonds. The van der Waals surface area contributed by atoms with Crippen molar-refractivity contribution in [1.29, 1.82) is 0 Å². The van der Waals surface area contributed by atoms with Crippen LogP contribution in [0.4, 0.5) is 5.69 Å². The monoisotopic (exact) mass is 568 g/mol. The second-order valence-electron chi connectivity index (χ2n) is 7.96. The summed E-state index contributed by atoms with van der Waals surface area (Å²) < 4.78 is 7.49. The third-order valence-electron chi connectivity index (χ3n) is 5.35. The number of fused-ring (bicyclic) bond motifs is 1. The molecule has 0 saturated heterocycles. The Hall–Kier alpha value is -3.57. The van der Waals surface area contributed by atoms with Gasteiger partial charge in [0.25, 0.3) is 0 Å². The number of aryl methyl sites for hydroxylation is 2. The highest BCUT2D eigenvalue weighted by atomic mass is 35.5. The van der Waals surface area contributed by atoms with E-state index in [0.29, 0.717) is 27.1 Å². The Bertz CT molecular complexity index is 1690. The normalized spacial score (nSPS) is 11.4. The van der Waals surface area contributed by atoms with Crippen LogP contribution in [-0.4, -0.2) is 30.8 Å². The van der Waals surface area contributed by atoms with Gasteiger partial charge in [0, 0.05) is 22.9 Å². The van der Waals surface area contributed by atoms with Crippen molar-refractivity contribution in [2.75, 3.05) is 5.32 Å². The van der Waals surface area contributed by atoms with E-state index in [1.807, 2.05) is 32.0 Å². The first-order valence-electron chi connectivity index (χ1n) is 10.9. The zero-order chi connectivity index (χ0) is 26.1. The molecule has 3 heterocycles. The Labute approximate surface area is 230 Å². The largest absolute Gasteiger partial charge is 0.457 e. The van der Waals surface area contributed by atoms with Crippen molar-refractivity contribution in [3.63, 3.8) is 0 Å². The van der Waals surface area contributed by atoms with Crippen molar-refractivity contribution < 1.29 is 9.21 Å². The van der Waals surface area contributed by atoms with E-state index in [4.69, 9.17) is 39.8 Å². The zero-order valence-electron chi connectivity index (χ0n) is 19.5. The highest BCUT2D eigenvalue weighted by molar-refractivity contribution is 7.80. The average molecular weight is 569 g/mol. The van der Waals surface area contributed by atoms with Gasteiger partial charge < -0.3 is 9.73 Å². The molecule has 0 bridgehead atoms. The molecule has 12 heteroatoms. The van der Waals surface area contributed by atoms with Crippen LogP contribution in [0.2, 0.25) is 10.0 Å². The van der Waals surface area contributed by atoms with E-state index in [0.717, 1.165) is 32.6 Å². The molecule has 186 valence electrons. The molecule has 37 heavy (non-hydrogen) atoms. The van der Waals surface area contributed by atoms with Crippen LogP contribution in [0.5, 0.6) is 0 Å². The molecule has 0 atom stereocenters. The van der Waals surface area contributed by atoms with Gasteiger partial charge in [-0.05, 0) is 80.2 Å². The molecule has 2 aromatic carbocycles. The number of rotatable bonds is 5. The fraction of sp³-hybridized carbons (Fsp3) is 0.0800. The van der Waals surface area contributed by atoms with Crippen LogP contribution in [0.15, 0.2) is 59.0 Å². The van der Waals surface area contributed by atoms with Gasteiger partial charge in [-0.3, -0.25) is 10.1 Å². The summed E-state index contributed by atoms with van der Waals surface area (Å²) in [5, 5.41) is 20.2. The van der Waals surface area contributed by atoms with E-state index in [2.05, 4.69) is 25.9 Å². The molecule has 0 unspecified atom stereocenters. The minimum Gasteiger partial charge on any atom is -0.457 e. The van der Waals surface area contributed by atoms with Gasteiger partial charge in [0.2, 0.25) is 10.9 Å². The van der Waals surface area contributed by atoms with Gasteiger partial charge in [0.05, 0.1) is 10.0 Å². The molecule has 0 radical (unpaired) electrons. The lowest BCUT2D eigenvalue weighted by molar-refractivity contribution is -0.115.